The van der Waals surface area contributed by atoms with Crippen LogP contribution in [-0.2, 0) is 11.2 Å². The minimum absolute atomic E-state index is 0.120. The molecular weight excluding hydrogens is 228 g/mol. The summed E-state index contributed by atoms with van der Waals surface area (Å²) in [5.74, 6) is 0.567. The zero-order chi connectivity index (χ0) is 13.1. The van der Waals surface area contributed by atoms with Crippen LogP contribution in [0.5, 0.6) is 0 Å². The van der Waals surface area contributed by atoms with E-state index in [0.717, 1.165) is 18.7 Å². The molecule has 1 aromatic rings. The van der Waals surface area contributed by atoms with Crippen molar-refractivity contribution in [3.05, 3.63) is 23.9 Å². The van der Waals surface area contributed by atoms with Crippen molar-refractivity contribution >= 4 is 11.7 Å². The van der Waals surface area contributed by atoms with E-state index in [0.29, 0.717) is 24.3 Å². The van der Waals surface area contributed by atoms with Crippen LogP contribution in [0.4, 0.5) is 5.82 Å². The van der Waals surface area contributed by atoms with Gasteiger partial charge < -0.3 is 16.0 Å². The number of nitrogens with two attached hydrogens (primary N) is 1. The Morgan fingerprint density at radius 2 is 2.17 bits per heavy atom. The number of anilines is 1. The molecule has 1 fully saturated rings. The van der Waals surface area contributed by atoms with E-state index in [1.165, 1.54) is 0 Å². The maximum absolute atomic E-state index is 12.2. The molecule has 3 N–H and O–H groups in total. The zero-order valence-electron chi connectivity index (χ0n) is 10.9. The van der Waals surface area contributed by atoms with E-state index in [-0.39, 0.29) is 5.91 Å². The molecular formula is C13H20N4O. The first-order chi connectivity index (χ1) is 8.56. The highest BCUT2D eigenvalue weighted by Crippen LogP contribution is 2.11. The lowest BCUT2D eigenvalue weighted by Gasteiger charge is -2.36. The van der Waals surface area contributed by atoms with Gasteiger partial charge in [-0.25, -0.2) is 4.98 Å². The molecule has 1 aromatic heterocycles. The van der Waals surface area contributed by atoms with Gasteiger partial charge in [-0.1, -0.05) is 6.07 Å². The number of aromatic nitrogens is 1. The van der Waals surface area contributed by atoms with E-state index >= 15 is 0 Å². The highest BCUT2D eigenvalue weighted by Gasteiger charge is 2.24. The van der Waals surface area contributed by atoms with E-state index in [4.69, 9.17) is 5.73 Å². The lowest BCUT2D eigenvalue weighted by atomic mass is 10.1. The Hall–Kier alpha value is -1.62. The van der Waals surface area contributed by atoms with Gasteiger partial charge in [0.05, 0.1) is 6.42 Å². The van der Waals surface area contributed by atoms with Crippen LogP contribution in [0.1, 0.15) is 19.4 Å². The number of carbonyl (C=O) groups is 1. The average Bonchev–Trinajstić information content (AvgIpc) is 2.31. The number of pyridine rings is 1. The fourth-order valence-electron chi connectivity index (χ4n) is 2.41. The second-order valence-corrected chi connectivity index (χ2v) is 4.99. The van der Waals surface area contributed by atoms with Gasteiger partial charge in [0.1, 0.15) is 5.82 Å². The number of nitrogen functional groups attached to an aromatic ring is 1. The van der Waals surface area contributed by atoms with E-state index in [1.807, 2.05) is 17.0 Å². The van der Waals surface area contributed by atoms with Crippen LogP contribution in [0.2, 0.25) is 0 Å². The number of hydrogen-bond acceptors (Lipinski definition) is 4. The Kier molecular flexibility index (Phi) is 3.81. The molecule has 0 bridgehead atoms. The standard InChI is InChI=1S/C13H20N4O/c1-9-7-17(8-10(2)16-9)12(18)6-11-4-3-5-15-13(11)14/h3-5,9-10,16H,6-8H2,1-2H3,(H2,14,15). The predicted molar refractivity (Wildman–Crippen MR) is 71.0 cm³/mol. The second-order valence-electron chi connectivity index (χ2n) is 4.99. The topological polar surface area (TPSA) is 71.2 Å². The molecule has 0 spiro atoms. The summed E-state index contributed by atoms with van der Waals surface area (Å²) in [5.41, 5.74) is 6.57. The van der Waals surface area contributed by atoms with Gasteiger partial charge in [-0.2, -0.15) is 0 Å². The number of hydrogen-bond donors (Lipinski definition) is 2. The summed E-state index contributed by atoms with van der Waals surface area (Å²) in [4.78, 5) is 18.1. The molecule has 0 aromatic carbocycles. The van der Waals surface area contributed by atoms with E-state index < -0.39 is 0 Å². The Bertz CT molecular complexity index is 425. The minimum atomic E-state index is 0.120. The molecule has 2 atom stereocenters. The van der Waals surface area contributed by atoms with Gasteiger partial charge in [0.15, 0.2) is 0 Å². The monoisotopic (exact) mass is 248 g/mol. The SMILES string of the molecule is CC1CN(C(=O)Cc2cccnc2N)CC(C)N1. The fourth-order valence-corrected chi connectivity index (χ4v) is 2.41. The average molecular weight is 248 g/mol. The largest absolute Gasteiger partial charge is 0.383 e. The molecule has 5 heteroatoms. The van der Waals surface area contributed by atoms with Gasteiger partial charge in [-0.15, -0.1) is 0 Å². The van der Waals surface area contributed by atoms with Crippen LogP contribution in [0.25, 0.3) is 0 Å². The summed E-state index contributed by atoms with van der Waals surface area (Å²) >= 11 is 0. The predicted octanol–water partition coefficient (Wildman–Crippen LogP) is 0.415. The summed E-state index contributed by atoms with van der Waals surface area (Å²) < 4.78 is 0. The van der Waals surface area contributed by atoms with Crippen molar-refractivity contribution in [1.82, 2.24) is 15.2 Å². The lowest BCUT2D eigenvalue weighted by molar-refractivity contribution is -0.132. The summed E-state index contributed by atoms with van der Waals surface area (Å²) in [6, 6.07) is 4.34. The second kappa shape index (κ2) is 5.35. The third-order valence-corrected chi connectivity index (χ3v) is 3.18. The van der Waals surface area contributed by atoms with E-state index in [2.05, 4.69) is 24.1 Å². The minimum Gasteiger partial charge on any atom is -0.383 e. The maximum Gasteiger partial charge on any atom is 0.227 e. The molecule has 1 saturated heterocycles. The van der Waals surface area contributed by atoms with Crippen LogP contribution >= 0.6 is 0 Å². The molecule has 2 unspecified atom stereocenters. The van der Waals surface area contributed by atoms with Gasteiger partial charge in [-0.05, 0) is 19.9 Å². The van der Waals surface area contributed by atoms with Crippen LogP contribution in [0, 0.1) is 0 Å². The molecule has 0 radical (unpaired) electrons. The summed E-state index contributed by atoms with van der Waals surface area (Å²) in [6.07, 6.45) is 1.97. The van der Waals surface area contributed by atoms with Crippen molar-refractivity contribution in [2.24, 2.45) is 0 Å². The Morgan fingerprint density at radius 1 is 1.50 bits per heavy atom. The van der Waals surface area contributed by atoms with Crippen molar-refractivity contribution in [2.45, 2.75) is 32.4 Å². The van der Waals surface area contributed by atoms with E-state index in [9.17, 15) is 4.79 Å². The summed E-state index contributed by atoms with van der Waals surface area (Å²) in [5, 5.41) is 3.41. The first kappa shape index (κ1) is 12.8. The van der Waals surface area contributed by atoms with Crippen molar-refractivity contribution in [3.63, 3.8) is 0 Å². The fraction of sp³-hybridized carbons (Fsp3) is 0.538. The number of rotatable bonds is 2. The normalized spacial score (nSPS) is 24.0. The first-order valence-electron chi connectivity index (χ1n) is 6.29. The number of nitrogens with one attached hydrogen (secondary N) is 1. The summed E-state index contributed by atoms with van der Waals surface area (Å²) in [7, 11) is 0. The summed E-state index contributed by atoms with van der Waals surface area (Å²) in [6.45, 7) is 5.69. The van der Waals surface area contributed by atoms with Gasteiger partial charge in [0, 0.05) is 36.9 Å². The third kappa shape index (κ3) is 2.98. The lowest BCUT2D eigenvalue weighted by Crippen LogP contribution is -2.56. The quantitative estimate of drug-likeness (QED) is 0.795. The van der Waals surface area contributed by atoms with Crippen molar-refractivity contribution in [1.29, 1.82) is 0 Å². The van der Waals surface area contributed by atoms with Gasteiger partial charge in [-0.3, -0.25) is 4.79 Å². The molecule has 1 amide bonds. The van der Waals surface area contributed by atoms with Crippen LogP contribution in [0.15, 0.2) is 18.3 Å². The van der Waals surface area contributed by atoms with Crippen LogP contribution in [-0.4, -0.2) is 41.0 Å². The smallest absolute Gasteiger partial charge is 0.227 e. The van der Waals surface area contributed by atoms with Crippen molar-refractivity contribution in [2.75, 3.05) is 18.8 Å². The zero-order valence-corrected chi connectivity index (χ0v) is 10.9. The molecule has 18 heavy (non-hydrogen) atoms. The molecule has 5 nitrogen and oxygen atoms in total. The molecule has 2 heterocycles. The molecule has 0 saturated carbocycles. The van der Waals surface area contributed by atoms with Crippen LogP contribution in [0.3, 0.4) is 0 Å². The highest BCUT2D eigenvalue weighted by atomic mass is 16.2. The van der Waals surface area contributed by atoms with Gasteiger partial charge in [0.25, 0.3) is 0 Å². The molecule has 1 aliphatic rings. The van der Waals surface area contributed by atoms with Crippen molar-refractivity contribution in [3.8, 4) is 0 Å². The first-order valence-corrected chi connectivity index (χ1v) is 6.29. The maximum atomic E-state index is 12.2. The third-order valence-electron chi connectivity index (χ3n) is 3.18. The number of piperazine rings is 1. The van der Waals surface area contributed by atoms with Crippen LogP contribution < -0.4 is 11.1 Å². The number of nitrogens with zero attached hydrogens (tertiary/aromatic N) is 2. The van der Waals surface area contributed by atoms with E-state index in [1.54, 1.807) is 6.20 Å². The Balaban J connectivity index is 2.02. The number of amides is 1. The molecule has 0 aliphatic carbocycles. The Labute approximate surface area is 107 Å². The molecule has 98 valence electrons. The van der Waals surface area contributed by atoms with Gasteiger partial charge in [0.2, 0.25) is 5.91 Å². The Morgan fingerprint density at radius 3 is 2.78 bits per heavy atom. The molecule has 2 rings (SSSR count). The number of carbonyl (C=O) groups excluding carboxylic acids is 1. The highest BCUT2D eigenvalue weighted by molar-refractivity contribution is 5.80. The van der Waals surface area contributed by atoms with Gasteiger partial charge >= 0.3 is 0 Å². The van der Waals surface area contributed by atoms with Crippen molar-refractivity contribution < 1.29 is 4.79 Å². The molecule has 1 aliphatic heterocycles.